The summed E-state index contributed by atoms with van der Waals surface area (Å²) in [5.74, 6) is -0.293. The Bertz CT molecular complexity index is 438. The summed E-state index contributed by atoms with van der Waals surface area (Å²) < 4.78 is 4.59. The summed E-state index contributed by atoms with van der Waals surface area (Å²) in [6.45, 7) is 2.90. The molecule has 0 bridgehead atoms. The number of carbonyl (C=O) groups is 3. The normalized spacial score (nSPS) is 10.9. The lowest BCUT2D eigenvalue weighted by Gasteiger charge is -2.02. The van der Waals surface area contributed by atoms with E-state index in [0.717, 1.165) is 56.7 Å². The van der Waals surface area contributed by atoms with Crippen molar-refractivity contribution in [2.24, 2.45) is 0 Å². The minimum Gasteiger partial charge on any atom is -0.469 e. The number of nitrogens with one attached hydrogen (secondary N) is 1. The van der Waals surface area contributed by atoms with Gasteiger partial charge in [0, 0.05) is 25.5 Å². The van der Waals surface area contributed by atoms with Crippen LogP contribution >= 0.6 is 11.8 Å². The number of esters is 1. The molecule has 0 saturated carbocycles. The molecule has 0 aromatic heterocycles. The van der Waals surface area contributed by atoms with Crippen LogP contribution in [0.4, 0.5) is 0 Å². The molecule has 0 aliphatic heterocycles. The van der Waals surface area contributed by atoms with Crippen molar-refractivity contribution in [2.75, 3.05) is 13.7 Å². The second kappa shape index (κ2) is 19.5. The van der Waals surface area contributed by atoms with Gasteiger partial charge in [0.05, 0.1) is 7.11 Å². The summed E-state index contributed by atoms with van der Waals surface area (Å²) in [5, 5.41) is 4.51. The molecule has 5 nitrogen and oxygen atoms in total. The predicted molar refractivity (Wildman–Crippen MR) is 112 cm³/mol. The molecule has 0 fully saturated rings. The van der Waals surface area contributed by atoms with Crippen molar-refractivity contribution in [2.45, 2.75) is 90.4 Å². The second-order valence-corrected chi connectivity index (χ2v) is 7.66. The summed E-state index contributed by atoms with van der Waals surface area (Å²) >= 11 is 1.09. The fourth-order valence-corrected chi connectivity index (χ4v) is 3.18. The summed E-state index contributed by atoms with van der Waals surface area (Å²) in [4.78, 5) is 34.3. The Kier molecular flexibility index (Phi) is 18.5. The molecule has 0 heterocycles. The van der Waals surface area contributed by atoms with Crippen LogP contribution in [0.25, 0.3) is 0 Å². The van der Waals surface area contributed by atoms with Crippen LogP contribution in [0.15, 0.2) is 11.5 Å². The van der Waals surface area contributed by atoms with E-state index in [1.165, 1.54) is 38.9 Å². The molecular weight excluding hydrogens is 362 g/mol. The van der Waals surface area contributed by atoms with Crippen LogP contribution in [-0.2, 0) is 19.1 Å². The van der Waals surface area contributed by atoms with Crippen LogP contribution < -0.4 is 5.32 Å². The van der Waals surface area contributed by atoms with E-state index in [1.54, 1.807) is 5.41 Å². The van der Waals surface area contributed by atoms with Gasteiger partial charge in [-0.05, 0) is 24.7 Å². The molecule has 156 valence electrons. The average molecular weight is 400 g/mol. The molecule has 6 heteroatoms. The third-order valence-electron chi connectivity index (χ3n) is 4.24. The van der Waals surface area contributed by atoms with Crippen molar-refractivity contribution in [3.05, 3.63) is 11.5 Å². The standard InChI is InChI=1S/C21H37NO4S/c1-3-4-5-6-10-13-17-22-19(23)16-18-27-21(25)15-12-9-7-8-11-14-20(24)26-2/h16,18H,3-15,17H2,1-2H3,(H,22,23). The van der Waals surface area contributed by atoms with E-state index in [1.807, 2.05) is 0 Å². The van der Waals surface area contributed by atoms with E-state index < -0.39 is 0 Å². The van der Waals surface area contributed by atoms with Crippen LogP contribution in [0.5, 0.6) is 0 Å². The molecule has 0 spiro atoms. The zero-order valence-corrected chi connectivity index (χ0v) is 17.9. The number of hydrogen-bond acceptors (Lipinski definition) is 5. The molecule has 0 radical (unpaired) electrons. The van der Waals surface area contributed by atoms with E-state index in [2.05, 4.69) is 17.0 Å². The van der Waals surface area contributed by atoms with Gasteiger partial charge in [-0.1, -0.05) is 70.1 Å². The highest BCUT2D eigenvalue weighted by atomic mass is 32.2. The number of hydrogen-bond donors (Lipinski definition) is 1. The number of unbranched alkanes of at least 4 members (excludes halogenated alkanes) is 9. The number of amides is 1. The van der Waals surface area contributed by atoms with E-state index in [0.29, 0.717) is 19.4 Å². The van der Waals surface area contributed by atoms with Crippen molar-refractivity contribution in [1.82, 2.24) is 5.32 Å². The summed E-state index contributed by atoms with van der Waals surface area (Å²) in [6.07, 6.45) is 14.3. The average Bonchev–Trinajstić information content (AvgIpc) is 2.66. The quantitative estimate of drug-likeness (QED) is 0.208. The molecule has 0 aromatic rings. The molecule has 1 amide bonds. The lowest BCUT2D eigenvalue weighted by atomic mass is 10.1. The van der Waals surface area contributed by atoms with Gasteiger partial charge in [-0.3, -0.25) is 14.4 Å². The molecule has 27 heavy (non-hydrogen) atoms. The van der Waals surface area contributed by atoms with E-state index in [4.69, 9.17) is 0 Å². The first-order valence-corrected chi connectivity index (χ1v) is 11.2. The minimum atomic E-state index is -0.163. The van der Waals surface area contributed by atoms with Gasteiger partial charge < -0.3 is 10.1 Å². The van der Waals surface area contributed by atoms with E-state index >= 15 is 0 Å². The third kappa shape index (κ3) is 19.3. The Morgan fingerprint density at radius 1 is 0.852 bits per heavy atom. The van der Waals surface area contributed by atoms with Crippen molar-refractivity contribution < 1.29 is 19.1 Å². The SMILES string of the molecule is CCCCCCCCNC(=O)C=CSC(=O)CCCCCCCC(=O)OC. The van der Waals surface area contributed by atoms with Crippen LogP contribution in [0, 0.1) is 0 Å². The van der Waals surface area contributed by atoms with Crippen LogP contribution in [-0.4, -0.2) is 30.6 Å². The third-order valence-corrected chi connectivity index (χ3v) is 4.98. The number of ether oxygens (including phenoxy) is 1. The van der Waals surface area contributed by atoms with E-state index in [-0.39, 0.29) is 17.0 Å². The van der Waals surface area contributed by atoms with Gasteiger partial charge in [-0.2, -0.15) is 0 Å². The maximum atomic E-state index is 11.7. The van der Waals surface area contributed by atoms with Gasteiger partial charge in [0.2, 0.25) is 5.91 Å². The molecule has 1 N–H and O–H groups in total. The van der Waals surface area contributed by atoms with Gasteiger partial charge in [-0.15, -0.1) is 0 Å². The van der Waals surface area contributed by atoms with Gasteiger partial charge in [-0.25, -0.2) is 0 Å². The first-order valence-electron chi connectivity index (χ1n) is 10.3. The Morgan fingerprint density at radius 2 is 1.44 bits per heavy atom. The molecule has 0 aliphatic rings. The second-order valence-electron chi connectivity index (χ2n) is 6.70. The molecule has 0 aliphatic carbocycles. The van der Waals surface area contributed by atoms with Crippen molar-refractivity contribution in [3.8, 4) is 0 Å². The first-order chi connectivity index (χ1) is 13.1. The molecular formula is C21H37NO4S. The zero-order valence-electron chi connectivity index (χ0n) is 17.1. The van der Waals surface area contributed by atoms with Gasteiger partial charge in [0.1, 0.15) is 0 Å². The summed E-state index contributed by atoms with van der Waals surface area (Å²) in [6, 6.07) is 0. The summed E-state index contributed by atoms with van der Waals surface area (Å²) in [5.41, 5.74) is 0. The summed E-state index contributed by atoms with van der Waals surface area (Å²) in [7, 11) is 1.40. The molecule has 0 rings (SSSR count). The van der Waals surface area contributed by atoms with Crippen LogP contribution in [0.2, 0.25) is 0 Å². The number of thioether (sulfide) groups is 1. The van der Waals surface area contributed by atoms with Crippen molar-refractivity contribution in [1.29, 1.82) is 0 Å². The molecule has 0 saturated heterocycles. The van der Waals surface area contributed by atoms with Crippen LogP contribution in [0.1, 0.15) is 90.4 Å². The fourth-order valence-electron chi connectivity index (χ4n) is 2.58. The van der Waals surface area contributed by atoms with Gasteiger partial charge in [0.15, 0.2) is 5.12 Å². The Balaban J connectivity index is 3.49. The maximum Gasteiger partial charge on any atom is 0.305 e. The number of carbonyl (C=O) groups excluding carboxylic acids is 3. The fraction of sp³-hybridized carbons (Fsp3) is 0.762. The van der Waals surface area contributed by atoms with E-state index in [9.17, 15) is 14.4 Å². The van der Waals surface area contributed by atoms with Crippen LogP contribution in [0.3, 0.4) is 0 Å². The Morgan fingerprint density at radius 3 is 2.11 bits per heavy atom. The van der Waals surface area contributed by atoms with Crippen molar-refractivity contribution >= 4 is 28.8 Å². The smallest absolute Gasteiger partial charge is 0.305 e. The predicted octanol–water partition coefficient (Wildman–Crippen LogP) is 5.14. The minimum absolute atomic E-state index is 0.0875. The Labute approximate surface area is 169 Å². The monoisotopic (exact) mass is 399 g/mol. The molecule has 0 atom stereocenters. The maximum absolute atomic E-state index is 11.7. The Hall–Kier alpha value is -1.30. The lowest BCUT2D eigenvalue weighted by molar-refractivity contribution is -0.140. The number of methoxy groups -OCH3 is 1. The largest absolute Gasteiger partial charge is 0.469 e. The molecule has 0 aromatic carbocycles. The number of rotatable bonds is 17. The highest BCUT2D eigenvalue weighted by Crippen LogP contribution is 2.13. The van der Waals surface area contributed by atoms with Gasteiger partial charge in [0.25, 0.3) is 0 Å². The zero-order chi connectivity index (χ0) is 20.2. The highest BCUT2D eigenvalue weighted by molar-refractivity contribution is 8.16. The van der Waals surface area contributed by atoms with Crippen molar-refractivity contribution in [3.63, 3.8) is 0 Å². The van der Waals surface area contributed by atoms with Gasteiger partial charge >= 0.3 is 5.97 Å². The lowest BCUT2D eigenvalue weighted by Crippen LogP contribution is -2.21. The topological polar surface area (TPSA) is 72.5 Å². The molecule has 0 unspecified atom stereocenters. The first kappa shape index (κ1) is 25.7. The highest BCUT2D eigenvalue weighted by Gasteiger charge is 2.02.